The maximum atomic E-state index is 12.6. The zero-order valence-corrected chi connectivity index (χ0v) is 22.3. The van der Waals surface area contributed by atoms with Crippen LogP contribution in [-0.4, -0.2) is 136 Å². The second kappa shape index (κ2) is 15.1. The Bertz CT molecular complexity index is 1110. The SMILES string of the molecule is O=C(O)CN1CCN(CC(=O)O)CCN(C(C(=O)O)c2ccc(-c3ccccc3)cc2)CCN(CC(=O)O)CC1. The minimum Gasteiger partial charge on any atom is -0.480 e. The van der Waals surface area contributed by atoms with Gasteiger partial charge in [-0.05, 0) is 16.7 Å². The molecule has 1 aliphatic heterocycles. The fourth-order valence-corrected chi connectivity index (χ4v) is 4.86. The summed E-state index contributed by atoms with van der Waals surface area (Å²) in [5, 5.41) is 38.4. The molecule has 0 aliphatic carbocycles. The monoisotopic (exact) mass is 556 g/mol. The number of carbonyl (C=O) groups is 4. The van der Waals surface area contributed by atoms with Crippen molar-refractivity contribution in [2.45, 2.75) is 6.04 Å². The first-order chi connectivity index (χ1) is 19.1. The zero-order valence-electron chi connectivity index (χ0n) is 22.3. The molecule has 3 rings (SSSR count). The van der Waals surface area contributed by atoms with Gasteiger partial charge in [0, 0.05) is 52.4 Å². The Labute approximate surface area is 232 Å². The average Bonchev–Trinajstić information content (AvgIpc) is 2.90. The lowest BCUT2D eigenvalue weighted by atomic mass is 9.99. The van der Waals surface area contributed by atoms with Gasteiger partial charge >= 0.3 is 23.9 Å². The van der Waals surface area contributed by atoms with E-state index in [0.29, 0.717) is 5.56 Å². The van der Waals surface area contributed by atoms with Gasteiger partial charge in [-0.3, -0.25) is 38.8 Å². The molecule has 1 unspecified atom stereocenters. The van der Waals surface area contributed by atoms with Crippen molar-refractivity contribution in [1.82, 2.24) is 19.6 Å². The van der Waals surface area contributed by atoms with Crippen molar-refractivity contribution in [2.75, 3.05) is 72.0 Å². The molecule has 0 spiro atoms. The molecule has 40 heavy (non-hydrogen) atoms. The summed E-state index contributed by atoms with van der Waals surface area (Å²) in [7, 11) is 0. The number of nitrogens with zero attached hydrogens (tertiary/aromatic N) is 4. The summed E-state index contributed by atoms with van der Waals surface area (Å²) < 4.78 is 0. The number of carboxylic acid groups (broad SMARTS) is 4. The van der Waals surface area contributed by atoms with E-state index >= 15 is 0 Å². The number of hydrogen-bond acceptors (Lipinski definition) is 8. The van der Waals surface area contributed by atoms with Crippen LogP contribution < -0.4 is 0 Å². The summed E-state index contributed by atoms with van der Waals surface area (Å²) in [4.78, 5) is 53.7. The molecule has 4 N–H and O–H groups in total. The van der Waals surface area contributed by atoms with Crippen LogP contribution >= 0.6 is 0 Å². The number of benzene rings is 2. The number of rotatable bonds is 10. The van der Waals surface area contributed by atoms with Crippen LogP contribution in [0.25, 0.3) is 11.1 Å². The minimum absolute atomic E-state index is 0.213. The van der Waals surface area contributed by atoms with Gasteiger partial charge in [0.2, 0.25) is 0 Å². The Morgan fingerprint density at radius 2 is 0.925 bits per heavy atom. The summed E-state index contributed by atoms with van der Waals surface area (Å²) in [6.07, 6.45) is 0. The Morgan fingerprint density at radius 1 is 0.550 bits per heavy atom. The largest absolute Gasteiger partial charge is 0.480 e. The average molecular weight is 557 g/mol. The highest BCUT2D eigenvalue weighted by atomic mass is 16.4. The van der Waals surface area contributed by atoms with Gasteiger partial charge in [0.05, 0.1) is 19.6 Å². The predicted octanol–water partition coefficient (Wildman–Crippen LogP) is 0.955. The molecular formula is C28H36N4O8. The normalized spacial score (nSPS) is 17.8. The van der Waals surface area contributed by atoms with Crippen molar-refractivity contribution in [2.24, 2.45) is 0 Å². The van der Waals surface area contributed by atoms with E-state index in [0.717, 1.165) is 11.1 Å². The Hall–Kier alpha value is -3.84. The zero-order chi connectivity index (χ0) is 29.1. The fourth-order valence-electron chi connectivity index (χ4n) is 4.86. The maximum absolute atomic E-state index is 12.6. The van der Waals surface area contributed by atoms with E-state index in [-0.39, 0.29) is 72.0 Å². The molecule has 1 fully saturated rings. The summed E-state index contributed by atoms with van der Waals surface area (Å²) in [6, 6.07) is 15.9. The highest BCUT2D eigenvalue weighted by Crippen LogP contribution is 2.26. The van der Waals surface area contributed by atoms with Crippen LogP contribution in [0.2, 0.25) is 0 Å². The van der Waals surface area contributed by atoms with Crippen LogP contribution in [0, 0.1) is 0 Å². The van der Waals surface area contributed by atoms with Crippen molar-refractivity contribution >= 4 is 23.9 Å². The van der Waals surface area contributed by atoms with E-state index in [1.54, 1.807) is 31.7 Å². The standard InChI is InChI=1S/C28H36N4O8/c33-24(34)18-29-10-12-30(19-25(35)36)14-16-32(17-15-31(13-11-29)20-26(37)38)27(28(39)40)23-8-6-22(7-9-23)21-4-2-1-3-5-21/h1-9,27H,10-20H2,(H,33,34)(H,35,36)(H,37,38)(H,39,40). The molecule has 2 aromatic carbocycles. The van der Waals surface area contributed by atoms with Gasteiger partial charge in [-0.25, -0.2) is 0 Å². The number of hydrogen-bond donors (Lipinski definition) is 4. The molecule has 12 nitrogen and oxygen atoms in total. The van der Waals surface area contributed by atoms with Crippen LogP contribution in [-0.2, 0) is 19.2 Å². The molecule has 0 aromatic heterocycles. The summed E-state index contributed by atoms with van der Waals surface area (Å²) in [6.45, 7) is 1.14. The first-order valence-corrected chi connectivity index (χ1v) is 13.1. The molecular weight excluding hydrogens is 520 g/mol. The third kappa shape index (κ3) is 9.72. The topological polar surface area (TPSA) is 162 Å². The molecule has 0 bridgehead atoms. The van der Waals surface area contributed by atoms with Gasteiger partial charge in [0.25, 0.3) is 0 Å². The molecule has 1 atom stereocenters. The molecule has 0 amide bonds. The second-order valence-electron chi connectivity index (χ2n) is 9.77. The smallest absolute Gasteiger partial charge is 0.325 e. The van der Waals surface area contributed by atoms with E-state index < -0.39 is 29.9 Å². The van der Waals surface area contributed by atoms with E-state index in [9.17, 15) is 39.6 Å². The van der Waals surface area contributed by atoms with Crippen molar-refractivity contribution < 1.29 is 39.6 Å². The lowest BCUT2D eigenvalue weighted by Crippen LogP contribution is -2.49. The van der Waals surface area contributed by atoms with Crippen LogP contribution in [0.15, 0.2) is 54.6 Å². The quantitative estimate of drug-likeness (QED) is 0.328. The van der Waals surface area contributed by atoms with Gasteiger partial charge in [-0.1, -0.05) is 54.6 Å². The fraction of sp³-hybridized carbons (Fsp3) is 0.429. The molecule has 1 aliphatic rings. The highest BCUT2D eigenvalue weighted by Gasteiger charge is 2.29. The first kappa shape index (κ1) is 30.7. The summed E-state index contributed by atoms with van der Waals surface area (Å²) in [5.41, 5.74) is 2.49. The van der Waals surface area contributed by atoms with Crippen molar-refractivity contribution in [3.8, 4) is 11.1 Å². The summed E-state index contributed by atoms with van der Waals surface area (Å²) >= 11 is 0. The van der Waals surface area contributed by atoms with Crippen LogP contribution in [0.5, 0.6) is 0 Å². The van der Waals surface area contributed by atoms with Crippen molar-refractivity contribution in [1.29, 1.82) is 0 Å². The van der Waals surface area contributed by atoms with E-state index in [2.05, 4.69) is 0 Å². The number of carboxylic acids is 4. The van der Waals surface area contributed by atoms with E-state index in [1.165, 1.54) is 0 Å². The molecule has 0 radical (unpaired) electrons. The van der Waals surface area contributed by atoms with Gasteiger partial charge in [0.15, 0.2) is 0 Å². The molecule has 12 heteroatoms. The third-order valence-corrected chi connectivity index (χ3v) is 6.88. The Morgan fingerprint density at radius 3 is 1.30 bits per heavy atom. The Balaban J connectivity index is 1.88. The maximum Gasteiger partial charge on any atom is 0.325 e. The van der Waals surface area contributed by atoms with Gasteiger partial charge < -0.3 is 20.4 Å². The van der Waals surface area contributed by atoms with Gasteiger partial charge in [-0.15, -0.1) is 0 Å². The first-order valence-electron chi connectivity index (χ1n) is 13.1. The molecule has 2 aromatic rings. The van der Waals surface area contributed by atoms with Crippen molar-refractivity contribution in [3.63, 3.8) is 0 Å². The van der Waals surface area contributed by atoms with Gasteiger partial charge in [-0.2, -0.15) is 0 Å². The van der Waals surface area contributed by atoms with Crippen LogP contribution in [0.1, 0.15) is 11.6 Å². The highest BCUT2D eigenvalue weighted by molar-refractivity contribution is 5.76. The molecule has 216 valence electrons. The number of aliphatic carboxylic acids is 4. The Kier molecular flexibility index (Phi) is 11.6. The van der Waals surface area contributed by atoms with E-state index in [1.807, 2.05) is 42.5 Å². The van der Waals surface area contributed by atoms with Crippen LogP contribution in [0.4, 0.5) is 0 Å². The molecule has 1 heterocycles. The third-order valence-electron chi connectivity index (χ3n) is 6.88. The molecule has 0 saturated carbocycles. The van der Waals surface area contributed by atoms with Crippen molar-refractivity contribution in [3.05, 3.63) is 60.2 Å². The lowest BCUT2D eigenvalue weighted by Gasteiger charge is -2.35. The van der Waals surface area contributed by atoms with Gasteiger partial charge in [0.1, 0.15) is 6.04 Å². The predicted molar refractivity (Wildman–Crippen MR) is 146 cm³/mol. The molecule has 1 saturated heterocycles. The summed E-state index contributed by atoms with van der Waals surface area (Å²) in [5.74, 6) is -4.18. The van der Waals surface area contributed by atoms with Crippen LogP contribution in [0.3, 0.4) is 0 Å². The van der Waals surface area contributed by atoms with E-state index in [4.69, 9.17) is 0 Å². The minimum atomic E-state index is -1.07. The second-order valence-corrected chi connectivity index (χ2v) is 9.77. The lowest BCUT2D eigenvalue weighted by molar-refractivity contribution is -0.145.